The molecule has 16 heavy (non-hydrogen) atoms. The lowest BCUT2D eigenvalue weighted by atomic mass is 10.3. The number of hydrogen-bond donors (Lipinski definition) is 1. The fourth-order valence-electron chi connectivity index (χ4n) is 1.56. The fourth-order valence-corrected chi connectivity index (χ4v) is 1.56. The molecule has 1 aliphatic heterocycles. The van der Waals surface area contributed by atoms with E-state index >= 15 is 0 Å². The zero-order valence-electron chi connectivity index (χ0n) is 9.48. The van der Waals surface area contributed by atoms with Crippen LogP contribution >= 0.6 is 0 Å². The average Bonchev–Trinajstić information content (AvgIpc) is 2.80. The second-order valence-corrected chi connectivity index (χ2v) is 3.78. The van der Waals surface area contributed by atoms with E-state index in [1.807, 2.05) is 0 Å². The Labute approximate surface area is 95.2 Å². The van der Waals surface area contributed by atoms with Crippen LogP contribution in [0, 0.1) is 0 Å². The van der Waals surface area contributed by atoms with Gasteiger partial charge in [0.15, 0.2) is 0 Å². The van der Waals surface area contributed by atoms with Gasteiger partial charge in [0.2, 0.25) is 11.8 Å². The zero-order chi connectivity index (χ0) is 11.2. The van der Waals surface area contributed by atoms with Gasteiger partial charge in [-0.2, -0.15) is 4.98 Å². The van der Waals surface area contributed by atoms with Crippen LogP contribution in [0.3, 0.4) is 0 Å². The van der Waals surface area contributed by atoms with Gasteiger partial charge in [-0.25, -0.2) is 0 Å². The van der Waals surface area contributed by atoms with Gasteiger partial charge in [-0.3, -0.25) is 4.98 Å². The highest BCUT2D eigenvalue weighted by Crippen LogP contribution is 2.14. The summed E-state index contributed by atoms with van der Waals surface area (Å²) in [6.45, 7) is 4.59. The molecular weight excluding hydrogens is 206 g/mol. The quantitative estimate of drug-likeness (QED) is 0.807. The monoisotopic (exact) mass is 223 g/mol. The largest absolute Gasteiger partial charge is 0.477 e. The fraction of sp³-hybridized carbons (Fsp3) is 0.636. The first-order chi connectivity index (χ1) is 7.88. The molecule has 0 radical (unpaired) electrons. The van der Waals surface area contributed by atoms with Gasteiger partial charge in [0.05, 0.1) is 19.0 Å². The van der Waals surface area contributed by atoms with Crippen LogP contribution in [0.2, 0.25) is 0 Å². The summed E-state index contributed by atoms with van der Waals surface area (Å²) in [6.07, 6.45) is 5.41. The van der Waals surface area contributed by atoms with Gasteiger partial charge in [0, 0.05) is 6.54 Å². The van der Waals surface area contributed by atoms with E-state index in [-0.39, 0.29) is 6.10 Å². The lowest BCUT2D eigenvalue weighted by Gasteiger charge is -2.11. The van der Waals surface area contributed by atoms with Crippen LogP contribution < -0.4 is 14.8 Å². The van der Waals surface area contributed by atoms with E-state index in [0.29, 0.717) is 18.4 Å². The molecule has 0 bridgehead atoms. The summed E-state index contributed by atoms with van der Waals surface area (Å²) in [4.78, 5) is 8.29. The molecule has 1 aromatic rings. The smallest absolute Gasteiger partial charge is 0.235 e. The van der Waals surface area contributed by atoms with Crippen LogP contribution in [0.25, 0.3) is 0 Å². The molecule has 88 valence electrons. The summed E-state index contributed by atoms with van der Waals surface area (Å²) >= 11 is 0. The van der Waals surface area contributed by atoms with E-state index < -0.39 is 0 Å². The van der Waals surface area contributed by atoms with Gasteiger partial charge in [-0.15, -0.1) is 0 Å². The van der Waals surface area contributed by atoms with E-state index in [2.05, 4.69) is 22.2 Å². The maximum Gasteiger partial charge on any atom is 0.235 e. The molecule has 1 fully saturated rings. The lowest BCUT2D eigenvalue weighted by molar-refractivity contribution is 0.208. The van der Waals surface area contributed by atoms with Crippen molar-refractivity contribution in [1.29, 1.82) is 0 Å². The minimum atomic E-state index is 0.204. The van der Waals surface area contributed by atoms with Crippen molar-refractivity contribution in [2.24, 2.45) is 0 Å². The third-order valence-corrected chi connectivity index (χ3v) is 2.35. The Morgan fingerprint density at radius 1 is 1.44 bits per heavy atom. The van der Waals surface area contributed by atoms with Crippen LogP contribution in [-0.2, 0) is 0 Å². The highest BCUT2D eigenvalue weighted by Gasteiger charge is 2.16. The molecule has 2 rings (SSSR count). The van der Waals surface area contributed by atoms with Gasteiger partial charge >= 0.3 is 0 Å². The van der Waals surface area contributed by atoms with Crippen molar-refractivity contribution in [3.05, 3.63) is 12.4 Å². The minimum absolute atomic E-state index is 0.204. The first kappa shape index (κ1) is 11.1. The van der Waals surface area contributed by atoms with Gasteiger partial charge in [-0.05, 0) is 19.4 Å². The van der Waals surface area contributed by atoms with Crippen molar-refractivity contribution in [3.8, 4) is 11.8 Å². The summed E-state index contributed by atoms with van der Waals surface area (Å²) in [6, 6.07) is 0. The molecule has 1 saturated heterocycles. The standard InChI is InChI=1S/C11H17N3O2/c1-2-5-15-10-7-13-8-11(14-10)16-9-3-4-12-6-9/h7-9,12H,2-6H2,1H3. The Balaban J connectivity index is 1.92. The Kier molecular flexibility index (Phi) is 3.93. The van der Waals surface area contributed by atoms with Crippen LogP contribution in [-0.4, -0.2) is 35.8 Å². The SMILES string of the molecule is CCCOc1cncc(OC2CCNC2)n1. The number of rotatable bonds is 5. The molecule has 0 aromatic carbocycles. The first-order valence-electron chi connectivity index (χ1n) is 5.70. The third kappa shape index (κ3) is 3.06. The van der Waals surface area contributed by atoms with Crippen molar-refractivity contribution in [3.63, 3.8) is 0 Å². The number of nitrogens with zero attached hydrogens (tertiary/aromatic N) is 2. The number of ether oxygens (including phenoxy) is 2. The number of aromatic nitrogens is 2. The van der Waals surface area contributed by atoms with E-state index in [4.69, 9.17) is 9.47 Å². The molecule has 0 amide bonds. The Hall–Kier alpha value is -1.36. The molecule has 1 aromatic heterocycles. The second kappa shape index (κ2) is 5.65. The summed E-state index contributed by atoms with van der Waals surface area (Å²) in [5.74, 6) is 1.08. The lowest BCUT2D eigenvalue weighted by Crippen LogP contribution is -2.20. The van der Waals surface area contributed by atoms with Crippen molar-refractivity contribution in [1.82, 2.24) is 15.3 Å². The topological polar surface area (TPSA) is 56.3 Å². The van der Waals surface area contributed by atoms with Crippen molar-refractivity contribution >= 4 is 0 Å². The highest BCUT2D eigenvalue weighted by molar-refractivity contribution is 5.13. The van der Waals surface area contributed by atoms with Crippen molar-refractivity contribution < 1.29 is 9.47 Å². The molecule has 5 heteroatoms. The van der Waals surface area contributed by atoms with Crippen molar-refractivity contribution in [2.75, 3.05) is 19.7 Å². The molecule has 0 aliphatic carbocycles. The third-order valence-electron chi connectivity index (χ3n) is 2.35. The maximum atomic E-state index is 5.68. The van der Waals surface area contributed by atoms with Gasteiger partial charge < -0.3 is 14.8 Å². The summed E-state index contributed by atoms with van der Waals surface area (Å²) in [5.41, 5.74) is 0. The molecule has 0 spiro atoms. The molecular formula is C11H17N3O2. The van der Waals surface area contributed by atoms with Crippen LogP contribution in [0.4, 0.5) is 0 Å². The molecule has 0 saturated carbocycles. The summed E-state index contributed by atoms with van der Waals surface area (Å²) < 4.78 is 11.1. The van der Waals surface area contributed by atoms with Gasteiger partial charge in [-0.1, -0.05) is 6.92 Å². The Morgan fingerprint density at radius 2 is 2.31 bits per heavy atom. The van der Waals surface area contributed by atoms with Crippen LogP contribution in [0.15, 0.2) is 12.4 Å². The predicted octanol–water partition coefficient (Wildman–Crippen LogP) is 1.01. The number of nitrogens with one attached hydrogen (secondary N) is 1. The molecule has 1 aliphatic rings. The summed E-state index contributed by atoms with van der Waals surface area (Å²) in [5, 5.41) is 3.24. The van der Waals surface area contributed by atoms with Crippen molar-refractivity contribution in [2.45, 2.75) is 25.9 Å². The zero-order valence-corrected chi connectivity index (χ0v) is 9.48. The Morgan fingerprint density at radius 3 is 3.06 bits per heavy atom. The molecule has 1 atom stereocenters. The van der Waals surface area contributed by atoms with E-state index in [9.17, 15) is 0 Å². The second-order valence-electron chi connectivity index (χ2n) is 3.78. The molecule has 5 nitrogen and oxygen atoms in total. The highest BCUT2D eigenvalue weighted by atomic mass is 16.5. The number of hydrogen-bond acceptors (Lipinski definition) is 5. The average molecular weight is 223 g/mol. The Bertz CT molecular complexity index is 327. The van der Waals surface area contributed by atoms with Gasteiger partial charge in [0.1, 0.15) is 6.10 Å². The molecule has 2 heterocycles. The van der Waals surface area contributed by atoms with E-state index in [0.717, 1.165) is 25.9 Å². The van der Waals surface area contributed by atoms with Crippen LogP contribution in [0.1, 0.15) is 19.8 Å². The normalized spacial score (nSPS) is 19.7. The first-order valence-corrected chi connectivity index (χ1v) is 5.70. The predicted molar refractivity (Wildman–Crippen MR) is 59.7 cm³/mol. The van der Waals surface area contributed by atoms with Gasteiger partial charge in [0.25, 0.3) is 0 Å². The van der Waals surface area contributed by atoms with E-state index in [1.165, 1.54) is 0 Å². The molecule has 1 N–H and O–H groups in total. The van der Waals surface area contributed by atoms with Crippen LogP contribution in [0.5, 0.6) is 11.8 Å². The molecule has 1 unspecified atom stereocenters. The van der Waals surface area contributed by atoms with E-state index in [1.54, 1.807) is 12.4 Å². The minimum Gasteiger partial charge on any atom is -0.477 e. The maximum absolute atomic E-state index is 5.68. The summed E-state index contributed by atoms with van der Waals surface area (Å²) in [7, 11) is 0.